The molecule has 0 atom stereocenters. The topological polar surface area (TPSA) is 56.0 Å². The van der Waals surface area contributed by atoms with Crippen LogP contribution in [0.25, 0.3) is 10.4 Å². The highest BCUT2D eigenvalue weighted by molar-refractivity contribution is 7.09. The molecule has 0 fully saturated rings. The summed E-state index contributed by atoms with van der Waals surface area (Å²) in [5.74, 6) is 0. The summed E-state index contributed by atoms with van der Waals surface area (Å²) in [6.45, 7) is 0. The molecule has 1 aromatic carbocycles. The van der Waals surface area contributed by atoms with Crippen molar-refractivity contribution in [1.82, 2.24) is 4.37 Å². The zero-order valence-electron chi connectivity index (χ0n) is 7.08. The third kappa shape index (κ3) is 1.49. The molecule has 5 heteroatoms. The largest absolute Gasteiger partial charge is 0.278 e. The van der Waals surface area contributed by atoms with Crippen molar-refractivity contribution in [3.63, 3.8) is 0 Å². The van der Waals surface area contributed by atoms with Crippen LogP contribution in [0.2, 0.25) is 0 Å². The maximum absolute atomic E-state index is 10.7. The number of hydrogen-bond acceptors (Lipinski definition) is 4. The lowest BCUT2D eigenvalue weighted by atomic mass is 10.1. The van der Waals surface area contributed by atoms with Gasteiger partial charge in [0.25, 0.3) is 5.69 Å². The number of nitrogens with zero attached hydrogens (tertiary/aromatic N) is 2. The molecule has 0 amide bonds. The van der Waals surface area contributed by atoms with Crippen LogP contribution in [-0.2, 0) is 0 Å². The van der Waals surface area contributed by atoms with E-state index in [-0.39, 0.29) is 10.6 Å². The first-order chi connectivity index (χ1) is 6.79. The Bertz CT molecular complexity index is 454. The summed E-state index contributed by atoms with van der Waals surface area (Å²) in [6.07, 6.45) is 1.64. The summed E-state index contributed by atoms with van der Waals surface area (Å²) in [6, 6.07) is 8.43. The zero-order chi connectivity index (χ0) is 9.97. The Morgan fingerprint density at radius 1 is 1.29 bits per heavy atom. The van der Waals surface area contributed by atoms with E-state index in [9.17, 15) is 10.1 Å². The van der Waals surface area contributed by atoms with Crippen molar-refractivity contribution in [2.45, 2.75) is 0 Å². The van der Waals surface area contributed by atoms with E-state index in [1.54, 1.807) is 30.5 Å². The predicted octanol–water partition coefficient (Wildman–Crippen LogP) is 2.72. The first kappa shape index (κ1) is 8.83. The van der Waals surface area contributed by atoms with Gasteiger partial charge in [-0.1, -0.05) is 12.1 Å². The van der Waals surface area contributed by atoms with E-state index in [1.807, 2.05) is 0 Å². The van der Waals surface area contributed by atoms with E-state index in [0.717, 1.165) is 4.88 Å². The van der Waals surface area contributed by atoms with E-state index < -0.39 is 0 Å². The van der Waals surface area contributed by atoms with E-state index in [1.165, 1.54) is 17.6 Å². The second-order valence-corrected chi connectivity index (χ2v) is 3.48. The second-order valence-electron chi connectivity index (χ2n) is 2.65. The average Bonchev–Trinajstić information content (AvgIpc) is 2.70. The molecule has 0 N–H and O–H groups in total. The van der Waals surface area contributed by atoms with Crippen LogP contribution in [0.4, 0.5) is 5.69 Å². The van der Waals surface area contributed by atoms with Gasteiger partial charge in [-0.05, 0) is 23.7 Å². The van der Waals surface area contributed by atoms with Crippen LogP contribution in [0.3, 0.4) is 0 Å². The van der Waals surface area contributed by atoms with Gasteiger partial charge in [-0.2, -0.15) is 0 Å². The molecule has 0 bridgehead atoms. The fourth-order valence-corrected chi connectivity index (χ4v) is 1.82. The molecule has 0 aliphatic heterocycles. The fraction of sp³-hybridized carbons (Fsp3) is 0. The predicted molar refractivity (Wildman–Crippen MR) is 54.2 cm³/mol. The van der Waals surface area contributed by atoms with Crippen LogP contribution in [0, 0.1) is 10.1 Å². The number of nitro benzene ring substituents is 1. The number of aromatic nitrogens is 1. The minimum Gasteiger partial charge on any atom is -0.258 e. The molecular weight excluding hydrogens is 200 g/mol. The average molecular weight is 206 g/mol. The summed E-state index contributed by atoms with van der Waals surface area (Å²) in [7, 11) is 0. The van der Waals surface area contributed by atoms with Gasteiger partial charge in [0.2, 0.25) is 0 Å². The molecule has 2 aromatic rings. The summed E-state index contributed by atoms with van der Waals surface area (Å²) < 4.78 is 3.92. The fourth-order valence-electron chi connectivity index (χ4n) is 1.20. The summed E-state index contributed by atoms with van der Waals surface area (Å²) in [5.41, 5.74) is 0.747. The van der Waals surface area contributed by atoms with E-state index >= 15 is 0 Å². The molecule has 0 saturated carbocycles. The van der Waals surface area contributed by atoms with Crippen molar-refractivity contribution in [3.8, 4) is 10.4 Å². The Kier molecular flexibility index (Phi) is 2.24. The quantitative estimate of drug-likeness (QED) is 0.560. The van der Waals surface area contributed by atoms with Crippen LogP contribution >= 0.6 is 11.5 Å². The monoisotopic (exact) mass is 206 g/mol. The van der Waals surface area contributed by atoms with Crippen LogP contribution < -0.4 is 0 Å². The molecule has 0 unspecified atom stereocenters. The van der Waals surface area contributed by atoms with Crippen LogP contribution in [0.15, 0.2) is 36.5 Å². The van der Waals surface area contributed by atoms with Crippen LogP contribution in [0.1, 0.15) is 0 Å². The molecule has 0 radical (unpaired) electrons. The van der Waals surface area contributed by atoms with Gasteiger partial charge < -0.3 is 0 Å². The van der Waals surface area contributed by atoms with Crippen molar-refractivity contribution >= 4 is 17.2 Å². The first-order valence-electron chi connectivity index (χ1n) is 3.93. The number of rotatable bonds is 2. The number of para-hydroxylation sites is 1. The molecule has 0 aliphatic rings. The molecule has 0 spiro atoms. The van der Waals surface area contributed by atoms with Crippen LogP contribution in [-0.4, -0.2) is 9.30 Å². The van der Waals surface area contributed by atoms with Crippen molar-refractivity contribution in [2.75, 3.05) is 0 Å². The first-order valence-corrected chi connectivity index (χ1v) is 4.71. The SMILES string of the molecule is O=[N+]([O-])c1ccccc1-c1ccns1. The van der Waals surface area contributed by atoms with Crippen molar-refractivity contribution in [2.24, 2.45) is 0 Å². The lowest BCUT2D eigenvalue weighted by molar-refractivity contribution is -0.384. The van der Waals surface area contributed by atoms with Gasteiger partial charge in [-0.25, -0.2) is 4.37 Å². The highest BCUT2D eigenvalue weighted by Gasteiger charge is 2.14. The van der Waals surface area contributed by atoms with E-state index in [2.05, 4.69) is 4.37 Å². The van der Waals surface area contributed by atoms with Crippen molar-refractivity contribution in [3.05, 3.63) is 46.6 Å². The maximum atomic E-state index is 10.7. The summed E-state index contributed by atoms with van der Waals surface area (Å²) in [5, 5.41) is 10.7. The van der Waals surface area contributed by atoms with Crippen molar-refractivity contribution < 1.29 is 4.92 Å². The Balaban J connectivity index is 2.58. The minimum absolute atomic E-state index is 0.122. The Morgan fingerprint density at radius 2 is 2.07 bits per heavy atom. The second kappa shape index (κ2) is 3.55. The van der Waals surface area contributed by atoms with Gasteiger partial charge in [0, 0.05) is 12.3 Å². The highest BCUT2D eigenvalue weighted by atomic mass is 32.1. The van der Waals surface area contributed by atoms with Gasteiger partial charge in [0.15, 0.2) is 0 Å². The van der Waals surface area contributed by atoms with Gasteiger partial charge in [-0.3, -0.25) is 10.1 Å². The highest BCUT2D eigenvalue weighted by Crippen LogP contribution is 2.31. The smallest absolute Gasteiger partial charge is 0.258 e. The maximum Gasteiger partial charge on any atom is 0.278 e. The Morgan fingerprint density at radius 3 is 2.71 bits per heavy atom. The molecule has 1 aromatic heterocycles. The third-order valence-corrected chi connectivity index (χ3v) is 2.58. The lowest BCUT2D eigenvalue weighted by Gasteiger charge is -1.97. The van der Waals surface area contributed by atoms with Gasteiger partial charge in [-0.15, -0.1) is 0 Å². The van der Waals surface area contributed by atoms with Crippen molar-refractivity contribution in [1.29, 1.82) is 0 Å². The summed E-state index contributed by atoms with van der Waals surface area (Å²) in [4.78, 5) is 11.1. The number of benzene rings is 1. The summed E-state index contributed by atoms with van der Waals surface area (Å²) >= 11 is 1.25. The van der Waals surface area contributed by atoms with Gasteiger partial charge in [0.05, 0.1) is 15.4 Å². The number of hydrogen-bond donors (Lipinski definition) is 0. The Hall–Kier alpha value is -1.75. The number of nitro groups is 1. The van der Waals surface area contributed by atoms with Gasteiger partial charge in [0.1, 0.15) is 0 Å². The standard InChI is InChI=1S/C9H6N2O2S/c12-11(13)8-4-2-1-3-7(8)9-5-6-10-14-9/h1-6H. The van der Waals surface area contributed by atoms with Gasteiger partial charge >= 0.3 is 0 Å². The molecule has 1 heterocycles. The van der Waals surface area contributed by atoms with E-state index in [0.29, 0.717) is 5.56 Å². The molecule has 0 aliphatic carbocycles. The lowest BCUT2D eigenvalue weighted by Crippen LogP contribution is -1.89. The zero-order valence-corrected chi connectivity index (χ0v) is 7.90. The third-order valence-electron chi connectivity index (χ3n) is 1.80. The Labute approximate surface area is 84.1 Å². The molecule has 2 rings (SSSR count). The molecule has 70 valence electrons. The molecule has 4 nitrogen and oxygen atoms in total. The molecular formula is C9H6N2O2S. The molecule has 0 saturated heterocycles. The molecule has 14 heavy (non-hydrogen) atoms. The normalized spacial score (nSPS) is 10.0. The van der Waals surface area contributed by atoms with Crippen LogP contribution in [0.5, 0.6) is 0 Å². The minimum atomic E-state index is -0.380. The van der Waals surface area contributed by atoms with E-state index in [4.69, 9.17) is 0 Å².